The average molecular weight is 428 g/mol. The van der Waals surface area contributed by atoms with E-state index < -0.39 is 11.9 Å². The third-order valence-corrected chi connectivity index (χ3v) is 4.90. The summed E-state index contributed by atoms with van der Waals surface area (Å²) >= 11 is 0. The largest absolute Gasteiger partial charge is 0.481 e. The van der Waals surface area contributed by atoms with Crippen molar-refractivity contribution in [2.75, 3.05) is 31.3 Å². The molecule has 0 aliphatic heterocycles. The number of carboxylic acids is 1. The SMILES string of the molecule is CCCCOc1nc(N)c2nc(OC)n(CCNc3cccc(C(C)C(=O)O)c3)c2n1. The Balaban J connectivity index is 1.77. The van der Waals surface area contributed by atoms with E-state index in [2.05, 4.69) is 27.2 Å². The molecule has 0 fully saturated rings. The molecule has 0 saturated carbocycles. The van der Waals surface area contributed by atoms with E-state index in [0.717, 1.165) is 24.1 Å². The van der Waals surface area contributed by atoms with Crippen molar-refractivity contribution in [1.82, 2.24) is 19.5 Å². The fourth-order valence-corrected chi connectivity index (χ4v) is 3.08. The van der Waals surface area contributed by atoms with E-state index in [1.807, 2.05) is 18.2 Å². The van der Waals surface area contributed by atoms with Crippen LogP contribution in [0.15, 0.2) is 24.3 Å². The van der Waals surface area contributed by atoms with Crippen molar-refractivity contribution in [2.24, 2.45) is 0 Å². The quantitative estimate of drug-likeness (QED) is 0.394. The zero-order chi connectivity index (χ0) is 22.4. The van der Waals surface area contributed by atoms with Crippen molar-refractivity contribution in [1.29, 1.82) is 0 Å². The number of methoxy groups -OCH3 is 1. The number of unbranched alkanes of at least 4 members (excludes halogenated alkanes) is 1. The fraction of sp³-hybridized carbons (Fsp3) is 0.429. The number of aliphatic carboxylic acids is 1. The molecule has 1 aromatic carbocycles. The summed E-state index contributed by atoms with van der Waals surface area (Å²) in [5, 5.41) is 12.5. The van der Waals surface area contributed by atoms with Crippen LogP contribution in [0.3, 0.4) is 0 Å². The summed E-state index contributed by atoms with van der Waals surface area (Å²) < 4.78 is 12.8. The summed E-state index contributed by atoms with van der Waals surface area (Å²) in [5.74, 6) is -1.21. The molecule has 166 valence electrons. The molecule has 10 nitrogen and oxygen atoms in total. The van der Waals surface area contributed by atoms with E-state index in [0.29, 0.717) is 36.9 Å². The Morgan fingerprint density at radius 2 is 2.13 bits per heavy atom. The number of hydrogen-bond donors (Lipinski definition) is 3. The third kappa shape index (κ3) is 5.14. The Hall–Kier alpha value is -3.56. The van der Waals surface area contributed by atoms with Crippen molar-refractivity contribution in [2.45, 2.75) is 39.2 Å². The summed E-state index contributed by atoms with van der Waals surface area (Å²) in [6.45, 7) is 5.27. The Kier molecular flexibility index (Phi) is 7.11. The second-order valence-electron chi connectivity index (χ2n) is 7.13. The number of rotatable bonds is 11. The van der Waals surface area contributed by atoms with Crippen LogP contribution < -0.4 is 20.5 Å². The lowest BCUT2D eigenvalue weighted by molar-refractivity contribution is -0.138. The molecule has 1 unspecified atom stereocenters. The van der Waals surface area contributed by atoms with E-state index in [9.17, 15) is 9.90 Å². The van der Waals surface area contributed by atoms with Gasteiger partial charge >= 0.3 is 12.0 Å². The lowest BCUT2D eigenvalue weighted by Crippen LogP contribution is -2.13. The van der Waals surface area contributed by atoms with Gasteiger partial charge in [-0.3, -0.25) is 9.36 Å². The molecule has 0 saturated heterocycles. The Bertz CT molecular complexity index is 1050. The number of carbonyl (C=O) groups is 1. The number of imidazole rings is 1. The lowest BCUT2D eigenvalue weighted by Gasteiger charge is -2.12. The number of nitrogens with one attached hydrogen (secondary N) is 1. The van der Waals surface area contributed by atoms with E-state index in [1.54, 1.807) is 17.6 Å². The number of nitrogens with zero attached hydrogens (tertiary/aromatic N) is 4. The van der Waals surface area contributed by atoms with Crippen LogP contribution in [-0.2, 0) is 11.3 Å². The first kappa shape index (κ1) is 22.1. The van der Waals surface area contributed by atoms with Gasteiger partial charge in [0.25, 0.3) is 6.01 Å². The number of hydrogen-bond acceptors (Lipinski definition) is 8. The number of anilines is 2. The van der Waals surface area contributed by atoms with Gasteiger partial charge in [-0.05, 0) is 31.0 Å². The number of benzene rings is 1. The van der Waals surface area contributed by atoms with E-state index in [1.165, 1.54) is 7.11 Å². The van der Waals surface area contributed by atoms with Crippen LogP contribution in [0.4, 0.5) is 11.5 Å². The third-order valence-electron chi connectivity index (χ3n) is 4.90. The molecule has 10 heteroatoms. The highest BCUT2D eigenvalue weighted by Gasteiger charge is 2.18. The molecule has 31 heavy (non-hydrogen) atoms. The summed E-state index contributed by atoms with van der Waals surface area (Å²) in [7, 11) is 1.53. The van der Waals surface area contributed by atoms with Gasteiger partial charge in [0.2, 0.25) is 0 Å². The highest BCUT2D eigenvalue weighted by molar-refractivity contribution is 5.83. The molecule has 0 spiro atoms. The topological polar surface area (TPSA) is 137 Å². The van der Waals surface area contributed by atoms with Crippen molar-refractivity contribution in [3.05, 3.63) is 29.8 Å². The van der Waals surface area contributed by atoms with Crippen LogP contribution >= 0.6 is 0 Å². The fourth-order valence-electron chi connectivity index (χ4n) is 3.08. The Morgan fingerprint density at radius 1 is 1.32 bits per heavy atom. The molecular formula is C21H28N6O4. The first-order valence-electron chi connectivity index (χ1n) is 10.2. The first-order chi connectivity index (χ1) is 14.9. The molecule has 1 atom stereocenters. The number of nitrogen functional groups attached to an aromatic ring is 1. The zero-order valence-electron chi connectivity index (χ0n) is 18.0. The van der Waals surface area contributed by atoms with Gasteiger partial charge in [-0.25, -0.2) is 0 Å². The normalized spacial score (nSPS) is 12.0. The van der Waals surface area contributed by atoms with E-state index in [-0.39, 0.29) is 11.8 Å². The molecule has 0 bridgehead atoms. The number of carboxylic acid groups (broad SMARTS) is 1. The van der Waals surface area contributed by atoms with Crippen molar-refractivity contribution in [3.63, 3.8) is 0 Å². The molecule has 2 heterocycles. The van der Waals surface area contributed by atoms with Gasteiger partial charge in [0, 0.05) is 18.8 Å². The zero-order valence-corrected chi connectivity index (χ0v) is 18.0. The molecule has 0 amide bonds. The minimum Gasteiger partial charge on any atom is -0.481 e. The van der Waals surface area contributed by atoms with Crippen LogP contribution in [0.1, 0.15) is 38.2 Å². The Labute approximate surface area is 180 Å². The average Bonchev–Trinajstić information content (AvgIpc) is 3.12. The van der Waals surface area contributed by atoms with E-state index >= 15 is 0 Å². The molecule has 2 aromatic heterocycles. The maximum atomic E-state index is 11.2. The molecule has 3 aromatic rings. The summed E-state index contributed by atoms with van der Waals surface area (Å²) in [6.07, 6.45) is 1.90. The maximum Gasteiger partial charge on any atom is 0.320 e. The minimum absolute atomic E-state index is 0.213. The molecule has 0 aliphatic carbocycles. The van der Waals surface area contributed by atoms with Crippen LogP contribution in [0.2, 0.25) is 0 Å². The van der Waals surface area contributed by atoms with Gasteiger partial charge < -0.3 is 25.6 Å². The van der Waals surface area contributed by atoms with Crippen LogP contribution in [-0.4, -0.2) is 50.9 Å². The second-order valence-corrected chi connectivity index (χ2v) is 7.13. The summed E-state index contributed by atoms with van der Waals surface area (Å²) in [5.41, 5.74) is 8.61. The van der Waals surface area contributed by atoms with Crippen LogP contribution in [0, 0.1) is 0 Å². The van der Waals surface area contributed by atoms with Gasteiger partial charge in [-0.15, -0.1) is 0 Å². The number of ether oxygens (including phenoxy) is 2. The smallest absolute Gasteiger partial charge is 0.320 e. The van der Waals surface area contributed by atoms with Crippen LogP contribution in [0.5, 0.6) is 12.0 Å². The van der Waals surface area contributed by atoms with Crippen LogP contribution in [0.25, 0.3) is 11.2 Å². The summed E-state index contributed by atoms with van der Waals surface area (Å²) in [6, 6.07) is 7.94. The van der Waals surface area contributed by atoms with Gasteiger partial charge in [0.05, 0.1) is 19.6 Å². The maximum absolute atomic E-state index is 11.2. The second kappa shape index (κ2) is 9.96. The number of fused-ring (bicyclic) bond motifs is 1. The van der Waals surface area contributed by atoms with Crippen molar-refractivity contribution >= 4 is 28.6 Å². The Morgan fingerprint density at radius 3 is 2.84 bits per heavy atom. The highest BCUT2D eigenvalue weighted by Crippen LogP contribution is 2.25. The molecule has 4 N–H and O–H groups in total. The molecule has 3 rings (SSSR count). The predicted molar refractivity (Wildman–Crippen MR) is 118 cm³/mol. The first-order valence-corrected chi connectivity index (χ1v) is 10.2. The van der Waals surface area contributed by atoms with Crippen molar-refractivity contribution < 1.29 is 19.4 Å². The monoisotopic (exact) mass is 428 g/mol. The summed E-state index contributed by atoms with van der Waals surface area (Å²) in [4.78, 5) is 24.3. The minimum atomic E-state index is -0.860. The lowest BCUT2D eigenvalue weighted by atomic mass is 10.0. The molecule has 0 aliphatic rings. The van der Waals surface area contributed by atoms with Gasteiger partial charge in [0.1, 0.15) is 0 Å². The van der Waals surface area contributed by atoms with E-state index in [4.69, 9.17) is 15.2 Å². The molecule has 0 radical (unpaired) electrons. The molecular weight excluding hydrogens is 400 g/mol. The predicted octanol–water partition coefficient (Wildman–Crippen LogP) is 2.90. The number of aromatic nitrogens is 4. The standard InChI is InChI=1S/C21H28N6O4/c1-4-5-11-31-20-25-17(22)16-18(26-20)27(21(24-16)30-3)10-9-23-15-8-6-7-14(12-15)13(2)19(28)29/h6-8,12-13,23H,4-5,9-11H2,1-3H3,(H,28,29)(H2,22,25,26). The van der Waals surface area contributed by atoms with Gasteiger partial charge in [-0.1, -0.05) is 25.5 Å². The van der Waals surface area contributed by atoms with Gasteiger partial charge in [-0.2, -0.15) is 15.0 Å². The highest BCUT2D eigenvalue weighted by atomic mass is 16.5. The van der Waals surface area contributed by atoms with Gasteiger partial charge in [0.15, 0.2) is 17.0 Å². The number of nitrogens with two attached hydrogens (primary N) is 1. The van der Waals surface area contributed by atoms with Crippen molar-refractivity contribution in [3.8, 4) is 12.0 Å².